The Morgan fingerprint density at radius 1 is 1.32 bits per heavy atom. The first kappa shape index (κ1) is 13.8. The number of halogens is 2. The molecule has 0 unspecified atom stereocenters. The van der Waals surface area contributed by atoms with E-state index in [-0.39, 0.29) is 11.6 Å². The lowest BCUT2D eigenvalue weighted by molar-refractivity contribution is 0.321. The zero-order valence-electron chi connectivity index (χ0n) is 10.7. The van der Waals surface area contributed by atoms with E-state index in [1.165, 1.54) is 6.07 Å². The molecule has 1 aromatic carbocycles. The number of nitrogens with zero attached hydrogens (tertiary/aromatic N) is 1. The first-order valence-electron chi connectivity index (χ1n) is 5.92. The summed E-state index contributed by atoms with van der Waals surface area (Å²) in [5, 5.41) is 3.05. The first-order chi connectivity index (χ1) is 9.10. The Balaban J connectivity index is 2.19. The van der Waals surface area contributed by atoms with Crippen molar-refractivity contribution in [1.29, 1.82) is 0 Å². The molecule has 0 bridgehead atoms. The average molecular weight is 325 g/mol. The summed E-state index contributed by atoms with van der Waals surface area (Å²) < 4.78 is 19.8. The SMILES string of the molecule is CCOc1ccc(Nc2ccc(Br)c(C)n2)cc1F. The van der Waals surface area contributed by atoms with Crippen molar-refractivity contribution in [2.75, 3.05) is 11.9 Å². The van der Waals surface area contributed by atoms with Crippen LogP contribution in [0.3, 0.4) is 0 Å². The third-order valence-electron chi connectivity index (χ3n) is 2.53. The second-order valence-corrected chi connectivity index (χ2v) is 4.82. The molecule has 1 aromatic heterocycles. The maximum Gasteiger partial charge on any atom is 0.167 e. The van der Waals surface area contributed by atoms with Crippen LogP contribution in [0.1, 0.15) is 12.6 Å². The molecule has 0 saturated heterocycles. The van der Waals surface area contributed by atoms with Crippen LogP contribution in [0.5, 0.6) is 5.75 Å². The molecule has 1 N–H and O–H groups in total. The highest BCUT2D eigenvalue weighted by molar-refractivity contribution is 9.10. The molecule has 2 rings (SSSR count). The van der Waals surface area contributed by atoms with Gasteiger partial charge in [-0.3, -0.25) is 0 Å². The minimum absolute atomic E-state index is 0.257. The summed E-state index contributed by atoms with van der Waals surface area (Å²) in [4.78, 5) is 4.34. The van der Waals surface area contributed by atoms with Gasteiger partial charge < -0.3 is 10.1 Å². The zero-order chi connectivity index (χ0) is 13.8. The first-order valence-corrected chi connectivity index (χ1v) is 6.72. The molecule has 1 heterocycles. The summed E-state index contributed by atoms with van der Waals surface area (Å²) in [6, 6.07) is 8.48. The highest BCUT2D eigenvalue weighted by Crippen LogP contribution is 2.24. The van der Waals surface area contributed by atoms with Crippen molar-refractivity contribution in [1.82, 2.24) is 4.98 Å². The predicted molar refractivity (Wildman–Crippen MR) is 77.5 cm³/mol. The van der Waals surface area contributed by atoms with Gasteiger partial charge in [0.25, 0.3) is 0 Å². The molecule has 2 aromatic rings. The van der Waals surface area contributed by atoms with Gasteiger partial charge in [0.05, 0.1) is 12.3 Å². The Bertz CT molecular complexity index is 590. The van der Waals surface area contributed by atoms with Crippen LogP contribution >= 0.6 is 15.9 Å². The van der Waals surface area contributed by atoms with Crippen molar-refractivity contribution in [3.8, 4) is 5.75 Å². The van der Waals surface area contributed by atoms with Crippen molar-refractivity contribution in [2.24, 2.45) is 0 Å². The highest BCUT2D eigenvalue weighted by atomic mass is 79.9. The van der Waals surface area contributed by atoms with Crippen LogP contribution in [0.25, 0.3) is 0 Å². The zero-order valence-corrected chi connectivity index (χ0v) is 12.3. The molecule has 0 spiro atoms. The van der Waals surface area contributed by atoms with Crippen LogP contribution in [0, 0.1) is 12.7 Å². The van der Waals surface area contributed by atoms with Crippen LogP contribution in [0.2, 0.25) is 0 Å². The second kappa shape index (κ2) is 6.02. The van der Waals surface area contributed by atoms with E-state index >= 15 is 0 Å². The van der Waals surface area contributed by atoms with Crippen LogP contribution in [0.15, 0.2) is 34.8 Å². The second-order valence-electron chi connectivity index (χ2n) is 3.97. The fourth-order valence-corrected chi connectivity index (χ4v) is 1.83. The molecular weight excluding hydrogens is 311 g/mol. The lowest BCUT2D eigenvalue weighted by Gasteiger charge is -2.09. The number of hydrogen-bond acceptors (Lipinski definition) is 3. The van der Waals surface area contributed by atoms with Crippen LogP contribution in [0.4, 0.5) is 15.9 Å². The largest absolute Gasteiger partial charge is 0.491 e. The number of nitrogens with one attached hydrogen (secondary N) is 1. The summed E-state index contributed by atoms with van der Waals surface area (Å²) >= 11 is 3.39. The predicted octanol–water partition coefficient (Wildman–Crippen LogP) is 4.43. The molecule has 0 radical (unpaired) electrons. The molecule has 0 atom stereocenters. The van der Waals surface area contributed by atoms with Crippen LogP contribution < -0.4 is 10.1 Å². The van der Waals surface area contributed by atoms with Gasteiger partial charge >= 0.3 is 0 Å². The number of aryl methyl sites for hydroxylation is 1. The van der Waals surface area contributed by atoms with E-state index in [0.29, 0.717) is 18.1 Å². The number of anilines is 2. The molecule has 0 aliphatic heterocycles. The Morgan fingerprint density at radius 2 is 2.11 bits per heavy atom. The summed E-state index contributed by atoms with van der Waals surface area (Å²) in [5.41, 5.74) is 1.51. The lowest BCUT2D eigenvalue weighted by Crippen LogP contribution is -1.98. The van der Waals surface area contributed by atoms with Crippen molar-refractivity contribution >= 4 is 27.4 Å². The van der Waals surface area contributed by atoms with Gasteiger partial charge in [0, 0.05) is 16.2 Å². The fourth-order valence-electron chi connectivity index (χ4n) is 1.61. The number of rotatable bonds is 4. The van der Waals surface area contributed by atoms with E-state index in [9.17, 15) is 4.39 Å². The Hall–Kier alpha value is -1.62. The maximum atomic E-state index is 13.7. The summed E-state index contributed by atoms with van der Waals surface area (Å²) in [5.74, 6) is 0.540. The van der Waals surface area contributed by atoms with Gasteiger partial charge in [-0.1, -0.05) is 0 Å². The molecule has 5 heteroatoms. The minimum atomic E-state index is -0.388. The number of aromatic nitrogens is 1. The van der Waals surface area contributed by atoms with Gasteiger partial charge in [-0.05, 0) is 54.0 Å². The molecule has 0 aliphatic rings. The number of hydrogen-bond donors (Lipinski definition) is 1. The van der Waals surface area contributed by atoms with Crippen molar-refractivity contribution in [2.45, 2.75) is 13.8 Å². The molecule has 0 amide bonds. The standard InChI is InChI=1S/C14H14BrFN2O/c1-3-19-13-6-4-10(8-12(13)16)18-14-7-5-11(15)9(2)17-14/h4-8H,3H2,1-2H3,(H,17,18). The highest BCUT2D eigenvalue weighted by Gasteiger charge is 2.05. The summed E-state index contributed by atoms with van der Waals surface area (Å²) in [6.07, 6.45) is 0. The van der Waals surface area contributed by atoms with Gasteiger partial charge in [-0.25, -0.2) is 9.37 Å². The quantitative estimate of drug-likeness (QED) is 0.903. The van der Waals surface area contributed by atoms with Crippen molar-refractivity contribution in [3.63, 3.8) is 0 Å². The molecule has 0 aliphatic carbocycles. The van der Waals surface area contributed by atoms with Gasteiger partial charge in [-0.15, -0.1) is 0 Å². The normalized spacial score (nSPS) is 10.3. The monoisotopic (exact) mass is 324 g/mol. The molecular formula is C14H14BrFN2O. The average Bonchev–Trinajstić information content (AvgIpc) is 2.37. The third kappa shape index (κ3) is 3.44. The third-order valence-corrected chi connectivity index (χ3v) is 3.36. The molecule has 19 heavy (non-hydrogen) atoms. The van der Waals surface area contributed by atoms with E-state index in [1.807, 2.05) is 26.0 Å². The molecule has 0 fully saturated rings. The van der Waals surface area contributed by atoms with Crippen LogP contribution in [-0.2, 0) is 0 Å². The summed E-state index contributed by atoms with van der Waals surface area (Å²) in [6.45, 7) is 4.16. The smallest absolute Gasteiger partial charge is 0.167 e. The Morgan fingerprint density at radius 3 is 2.74 bits per heavy atom. The van der Waals surface area contributed by atoms with Crippen LogP contribution in [-0.4, -0.2) is 11.6 Å². The Kier molecular flexibility index (Phi) is 4.37. The Labute approximate surface area is 119 Å². The van der Waals surface area contributed by atoms with E-state index in [1.54, 1.807) is 12.1 Å². The van der Waals surface area contributed by atoms with E-state index in [0.717, 1.165) is 10.2 Å². The van der Waals surface area contributed by atoms with Crippen molar-refractivity contribution < 1.29 is 9.13 Å². The van der Waals surface area contributed by atoms with E-state index < -0.39 is 0 Å². The van der Waals surface area contributed by atoms with Gasteiger partial charge in [0.2, 0.25) is 0 Å². The van der Waals surface area contributed by atoms with Crippen molar-refractivity contribution in [3.05, 3.63) is 46.3 Å². The minimum Gasteiger partial charge on any atom is -0.491 e. The molecule has 3 nitrogen and oxygen atoms in total. The van der Waals surface area contributed by atoms with Gasteiger partial charge in [0.1, 0.15) is 5.82 Å². The number of ether oxygens (including phenoxy) is 1. The number of benzene rings is 1. The molecule has 100 valence electrons. The maximum absolute atomic E-state index is 13.7. The van der Waals surface area contributed by atoms with E-state index in [2.05, 4.69) is 26.2 Å². The van der Waals surface area contributed by atoms with Gasteiger partial charge in [0.15, 0.2) is 11.6 Å². The number of pyridine rings is 1. The van der Waals surface area contributed by atoms with E-state index in [4.69, 9.17) is 4.74 Å². The lowest BCUT2D eigenvalue weighted by atomic mass is 10.3. The topological polar surface area (TPSA) is 34.1 Å². The van der Waals surface area contributed by atoms with Gasteiger partial charge in [-0.2, -0.15) is 0 Å². The summed E-state index contributed by atoms with van der Waals surface area (Å²) in [7, 11) is 0. The molecule has 0 saturated carbocycles. The fraction of sp³-hybridized carbons (Fsp3) is 0.214.